The summed E-state index contributed by atoms with van der Waals surface area (Å²) in [7, 11) is 0. The molecule has 1 aromatic heterocycles. The quantitative estimate of drug-likeness (QED) is 0.903. The van der Waals surface area contributed by atoms with Crippen LogP contribution in [-0.4, -0.2) is 15.1 Å². The SMILES string of the molecule is Cc1cc(-c2ccc(Cl)cc2)nc(C(C)(C)O)n1. The molecule has 1 heterocycles. The van der Waals surface area contributed by atoms with Crippen molar-refractivity contribution in [1.82, 2.24) is 9.97 Å². The van der Waals surface area contributed by atoms with E-state index in [-0.39, 0.29) is 0 Å². The molecule has 0 saturated heterocycles. The molecule has 0 saturated carbocycles. The van der Waals surface area contributed by atoms with Crippen molar-refractivity contribution in [1.29, 1.82) is 0 Å². The lowest BCUT2D eigenvalue weighted by Crippen LogP contribution is -2.20. The lowest BCUT2D eigenvalue weighted by Gasteiger charge is -2.17. The van der Waals surface area contributed by atoms with Gasteiger partial charge < -0.3 is 5.11 Å². The predicted octanol–water partition coefficient (Wildman–Crippen LogP) is 3.33. The molecule has 94 valence electrons. The lowest BCUT2D eigenvalue weighted by molar-refractivity contribution is 0.0686. The number of aromatic nitrogens is 2. The van der Waals surface area contributed by atoms with Crippen LogP contribution in [0.5, 0.6) is 0 Å². The van der Waals surface area contributed by atoms with Gasteiger partial charge in [0.05, 0.1) is 5.69 Å². The molecule has 2 rings (SSSR count). The zero-order valence-corrected chi connectivity index (χ0v) is 11.4. The Hall–Kier alpha value is -1.45. The van der Waals surface area contributed by atoms with E-state index < -0.39 is 5.60 Å². The van der Waals surface area contributed by atoms with E-state index in [1.54, 1.807) is 13.8 Å². The average Bonchev–Trinajstić information content (AvgIpc) is 2.28. The largest absolute Gasteiger partial charge is 0.382 e. The Bertz CT molecular complexity index is 559. The minimum absolute atomic E-state index is 0.424. The molecular formula is C14H15ClN2O. The van der Waals surface area contributed by atoms with E-state index in [4.69, 9.17) is 11.6 Å². The Balaban J connectivity index is 2.52. The molecule has 0 unspecified atom stereocenters. The van der Waals surface area contributed by atoms with Crippen molar-refractivity contribution in [2.75, 3.05) is 0 Å². The minimum atomic E-state index is -1.05. The third-order valence-electron chi connectivity index (χ3n) is 2.54. The highest BCUT2D eigenvalue weighted by Gasteiger charge is 2.20. The van der Waals surface area contributed by atoms with Crippen LogP contribution in [0.2, 0.25) is 5.02 Å². The molecule has 2 aromatic rings. The van der Waals surface area contributed by atoms with Crippen molar-refractivity contribution >= 4 is 11.6 Å². The second-order valence-corrected chi connectivity index (χ2v) is 5.22. The summed E-state index contributed by atoms with van der Waals surface area (Å²) in [5.41, 5.74) is 1.52. The van der Waals surface area contributed by atoms with Crippen LogP contribution in [0, 0.1) is 6.92 Å². The number of benzene rings is 1. The van der Waals surface area contributed by atoms with Crippen LogP contribution in [0.3, 0.4) is 0 Å². The van der Waals surface area contributed by atoms with Crippen molar-refractivity contribution in [3.05, 3.63) is 46.9 Å². The van der Waals surface area contributed by atoms with Gasteiger partial charge >= 0.3 is 0 Å². The fourth-order valence-corrected chi connectivity index (χ4v) is 1.74. The molecule has 0 fully saturated rings. The predicted molar refractivity (Wildman–Crippen MR) is 72.5 cm³/mol. The van der Waals surface area contributed by atoms with Gasteiger partial charge in [-0.05, 0) is 39.0 Å². The standard InChI is InChI=1S/C14H15ClN2O/c1-9-8-12(10-4-6-11(15)7-5-10)17-13(16-9)14(2,3)18/h4-8,18H,1-3H3. The van der Waals surface area contributed by atoms with Crippen LogP contribution in [0.25, 0.3) is 11.3 Å². The maximum atomic E-state index is 9.98. The number of aliphatic hydroxyl groups is 1. The van der Waals surface area contributed by atoms with Crippen LogP contribution in [-0.2, 0) is 5.60 Å². The molecule has 0 spiro atoms. The van der Waals surface area contributed by atoms with Crippen LogP contribution in [0.1, 0.15) is 25.4 Å². The third kappa shape index (κ3) is 2.86. The Labute approximate surface area is 111 Å². The van der Waals surface area contributed by atoms with Gasteiger partial charge in [-0.3, -0.25) is 0 Å². The monoisotopic (exact) mass is 262 g/mol. The first-order chi connectivity index (χ1) is 8.36. The van der Waals surface area contributed by atoms with E-state index in [1.807, 2.05) is 37.3 Å². The van der Waals surface area contributed by atoms with E-state index in [9.17, 15) is 5.11 Å². The molecular weight excluding hydrogens is 248 g/mol. The Morgan fingerprint density at radius 1 is 1.11 bits per heavy atom. The highest BCUT2D eigenvalue weighted by atomic mass is 35.5. The van der Waals surface area contributed by atoms with Gasteiger partial charge in [0.15, 0.2) is 5.82 Å². The molecule has 18 heavy (non-hydrogen) atoms. The fraction of sp³-hybridized carbons (Fsp3) is 0.286. The van der Waals surface area contributed by atoms with Crippen LogP contribution < -0.4 is 0 Å². The second kappa shape index (κ2) is 4.67. The molecule has 0 aliphatic carbocycles. The molecule has 0 amide bonds. The fourth-order valence-electron chi connectivity index (χ4n) is 1.61. The molecule has 0 atom stereocenters. The van der Waals surface area contributed by atoms with E-state index in [1.165, 1.54) is 0 Å². The van der Waals surface area contributed by atoms with Crippen molar-refractivity contribution in [3.63, 3.8) is 0 Å². The van der Waals surface area contributed by atoms with Gasteiger partial charge in [-0.2, -0.15) is 0 Å². The summed E-state index contributed by atoms with van der Waals surface area (Å²) in [5, 5.41) is 10.7. The van der Waals surface area contributed by atoms with Gasteiger partial charge in [-0.15, -0.1) is 0 Å². The second-order valence-electron chi connectivity index (χ2n) is 4.78. The van der Waals surface area contributed by atoms with E-state index in [0.717, 1.165) is 17.0 Å². The summed E-state index contributed by atoms with van der Waals surface area (Å²) in [6, 6.07) is 9.32. The molecule has 0 aliphatic rings. The van der Waals surface area contributed by atoms with Gasteiger partial charge in [0.25, 0.3) is 0 Å². The summed E-state index contributed by atoms with van der Waals surface area (Å²) in [4.78, 5) is 8.66. The molecule has 4 heteroatoms. The first-order valence-electron chi connectivity index (χ1n) is 5.71. The van der Waals surface area contributed by atoms with Crippen LogP contribution in [0.4, 0.5) is 0 Å². The van der Waals surface area contributed by atoms with Crippen molar-refractivity contribution in [3.8, 4) is 11.3 Å². The molecule has 1 aromatic carbocycles. The highest BCUT2D eigenvalue weighted by Crippen LogP contribution is 2.23. The first-order valence-corrected chi connectivity index (χ1v) is 6.08. The molecule has 0 radical (unpaired) electrons. The number of nitrogens with zero attached hydrogens (tertiary/aromatic N) is 2. The number of halogens is 1. The number of aryl methyl sites for hydroxylation is 1. The average molecular weight is 263 g/mol. The van der Waals surface area contributed by atoms with Crippen molar-refractivity contribution in [2.45, 2.75) is 26.4 Å². The van der Waals surface area contributed by atoms with E-state index >= 15 is 0 Å². The van der Waals surface area contributed by atoms with Crippen molar-refractivity contribution in [2.24, 2.45) is 0 Å². The Kier molecular flexibility index (Phi) is 3.37. The van der Waals surface area contributed by atoms with Crippen LogP contribution in [0.15, 0.2) is 30.3 Å². The maximum Gasteiger partial charge on any atom is 0.160 e. The third-order valence-corrected chi connectivity index (χ3v) is 2.79. The van der Waals surface area contributed by atoms with Crippen LogP contribution >= 0.6 is 11.6 Å². The first kappa shape index (κ1) is 13.0. The van der Waals surface area contributed by atoms with Gasteiger partial charge in [0, 0.05) is 16.3 Å². The minimum Gasteiger partial charge on any atom is -0.382 e. The van der Waals surface area contributed by atoms with Gasteiger partial charge in [-0.1, -0.05) is 23.7 Å². The zero-order chi connectivity index (χ0) is 13.3. The highest BCUT2D eigenvalue weighted by molar-refractivity contribution is 6.30. The summed E-state index contributed by atoms with van der Waals surface area (Å²) < 4.78 is 0. The topological polar surface area (TPSA) is 46.0 Å². The van der Waals surface area contributed by atoms with Crippen molar-refractivity contribution < 1.29 is 5.11 Å². The zero-order valence-electron chi connectivity index (χ0n) is 10.6. The Morgan fingerprint density at radius 3 is 2.28 bits per heavy atom. The summed E-state index contributed by atoms with van der Waals surface area (Å²) in [6.45, 7) is 5.23. The maximum absolute atomic E-state index is 9.98. The molecule has 0 aliphatic heterocycles. The normalized spacial score (nSPS) is 11.6. The number of hydrogen-bond donors (Lipinski definition) is 1. The van der Waals surface area contributed by atoms with Gasteiger partial charge in [0.2, 0.25) is 0 Å². The molecule has 3 nitrogen and oxygen atoms in total. The summed E-state index contributed by atoms with van der Waals surface area (Å²) in [6.07, 6.45) is 0. The lowest BCUT2D eigenvalue weighted by atomic mass is 10.1. The summed E-state index contributed by atoms with van der Waals surface area (Å²) in [5.74, 6) is 0.424. The van der Waals surface area contributed by atoms with Gasteiger partial charge in [0.1, 0.15) is 5.60 Å². The van der Waals surface area contributed by atoms with E-state index in [2.05, 4.69) is 9.97 Å². The molecule has 0 bridgehead atoms. The van der Waals surface area contributed by atoms with Gasteiger partial charge in [-0.25, -0.2) is 9.97 Å². The smallest absolute Gasteiger partial charge is 0.160 e. The molecule has 1 N–H and O–H groups in total. The van der Waals surface area contributed by atoms with E-state index in [0.29, 0.717) is 10.8 Å². The Morgan fingerprint density at radius 2 is 1.72 bits per heavy atom. The number of hydrogen-bond acceptors (Lipinski definition) is 3. The summed E-state index contributed by atoms with van der Waals surface area (Å²) >= 11 is 5.86. The number of rotatable bonds is 2.